The van der Waals surface area contributed by atoms with E-state index in [0.717, 1.165) is 10.8 Å². The Kier molecular flexibility index (Phi) is 5.03. The fourth-order valence-corrected chi connectivity index (χ4v) is 3.07. The lowest BCUT2D eigenvalue weighted by Gasteiger charge is -2.16. The Morgan fingerprint density at radius 3 is 2.42 bits per heavy atom. The van der Waals surface area contributed by atoms with Crippen molar-refractivity contribution in [1.29, 1.82) is 0 Å². The number of hydrogen-bond donors (Lipinski definition) is 1. The first-order valence-corrected chi connectivity index (χ1v) is 8.47. The molecular weight excluding hydrogens is 328 g/mol. The van der Waals surface area contributed by atoms with Crippen molar-refractivity contribution >= 4 is 22.3 Å². The fraction of sp³-hybridized carbons (Fsp3) is 0.182. The number of ether oxygens (including phenoxy) is 1. The van der Waals surface area contributed by atoms with Crippen LogP contribution in [0.5, 0.6) is 11.5 Å². The van der Waals surface area contributed by atoms with Gasteiger partial charge in [0.15, 0.2) is 17.3 Å². The zero-order valence-electron chi connectivity index (χ0n) is 14.7. The molecule has 3 aromatic rings. The number of methoxy groups -OCH3 is 1. The second kappa shape index (κ2) is 7.40. The summed E-state index contributed by atoms with van der Waals surface area (Å²) in [5.74, 6) is -1.14. The highest BCUT2D eigenvalue weighted by Crippen LogP contribution is 2.32. The van der Waals surface area contributed by atoms with Crippen LogP contribution < -0.4 is 4.74 Å². The summed E-state index contributed by atoms with van der Waals surface area (Å²) in [5.41, 5.74) is 1.01. The number of rotatable bonds is 6. The first-order chi connectivity index (χ1) is 12.5. The largest absolute Gasteiger partial charge is 0.504 e. The van der Waals surface area contributed by atoms with Crippen molar-refractivity contribution in [3.63, 3.8) is 0 Å². The fourth-order valence-electron chi connectivity index (χ4n) is 3.07. The Balaban J connectivity index is 2.06. The molecule has 0 heterocycles. The highest BCUT2D eigenvalue weighted by molar-refractivity contribution is 6.15. The van der Waals surface area contributed by atoms with Gasteiger partial charge in [-0.1, -0.05) is 49.4 Å². The number of benzene rings is 3. The van der Waals surface area contributed by atoms with Gasteiger partial charge in [0.25, 0.3) is 0 Å². The number of fused-ring (bicyclic) bond motifs is 1. The predicted molar refractivity (Wildman–Crippen MR) is 101 cm³/mol. The molecule has 1 unspecified atom stereocenters. The van der Waals surface area contributed by atoms with Gasteiger partial charge in [0.2, 0.25) is 0 Å². The van der Waals surface area contributed by atoms with Gasteiger partial charge >= 0.3 is 0 Å². The average molecular weight is 348 g/mol. The van der Waals surface area contributed by atoms with Crippen molar-refractivity contribution in [2.24, 2.45) is 0 Å². The minimum Gasteiger partial charge on any atom is -0.504 e. The molecule has 3 aromatic carbocycles. The molecule has 0 saturated heterocycles. The van der Waals surface area contributed by atoms with Gasteiger partial charge in [-0.2, -0.15) is 0 Å². The van der Waals surface area contributed by atoms with Gasteiger partial charge in [-0.15, -0.1) is 0 Å². The molecule has 0 saturated carbocycles. The molecule has 4 heteroatoms. The van der Waals surface area contributed by atoms with Crippen LogP contribution in [-0.2, 0) is 4.79 Å². The van der Waals surface area contributed by atoms with Gasteiger partial charge in [0, 0.05) is 12.0 Å². The Hall–Kier alpha value is -3.14. The Morgan fingerprint density at radius 2 is 1.73 bits per heavy atom. The quantitative estimate of drug-likeness (QED) is 0.526. The predicted octanol–water partition coefficient (Wildman–Crippen LogP) is 4.50. The summed E-state index contributed by atoms with van der Waals surface area (Å²) in [6, 6.07) is 17.8. The van der Waals surface area contributed by atoms with E-state index in [4.69, 9.17) is 4.74 Å². The number of carbonyl (C=O) groups is 2. The molecule has 1 atom stereocenters. The lowest BCUT2D eigenvalue weighted by Crippen LogP contribution is -2.21. The molecule has 26 heavy (non-hydrogen) atoms. The molecule has 132 valence electrons. The van der Waals surface area contributed by atoms with Crippen LogP contribution >= 0.6 is 0 Å². The summed E-state index contributed by atoms with van der Waals surface area (Å²) >= 11 is 0. The van der Waals surface area contributed by atoms with E-state index in [1.807, 2.05) is 36.4 Å². The molecule has 0 bridgehead atoms. The van der Waals surface area contributed by atoms with Crippen LogP contribution in [-0.4, -0.2) is 23.8 Å². The number of carbonyl (C=O) groups excluding carboxylic acids is 2. The zero-order chi connectivity index (χ0) is 18.7. The standard InChI is InChI=1S/C22H20O4/c1-3-18(23)21(16-10-11-19(24)20(13-16)26-2)22(25)17-9-8-14-6-4-5-7-15(14)12-17/h4-13,21,24H,3H2,1-2H3. The van der Waals surface area contributed by atoms with Crippen LogP contribution in [0.4, 0.5) is 0 Å². The molecule has 3 rings (SSSR count). The lowest BCUT2D eigenvalue weighted by molar-refractivity contribution is -0.119. The van der Waals surface area contributed by atoms with Gasteiger partial charge < -0.3 is 9.84 Å². The molecular formula is C22H20O4. The second-order valence-corrected chi connectivity index (χ2v) is 6.11. The number of Topliss-reactive ketones (excluding diaryl/α,β-unsaturated/α-hetero) is 2. The van der Waals surface area contributed by atoms with Crippen molar-refractivity contribution in [3.8, 4) is 11.5 Å². The Morgan fingerprint density at radius 1 is 1.00 bits per heavy atom. The van der Waals surface area contributed by atoms with E-state index in [0.29, 0.717) is 11.1 Å². The van der Waals surface area contributed by atoms with Crippen LogP contribution in [0.1, 0.15) is 35.2 Å². The van der Waals surface area contributed by atoms with E-state index < -0.39 is 5.92 Å². The van der Waals surface area contributed by atoms with E-state index >= 15 is 0 Å². The summed E-state index contributed by atoms with van der Waals surface area (Å²) in [5, 5.41) is 11.8. The Bertz CT molecular complexity index is 975. The third-order valence-corrected chi connectivity index (χ3v) is 4.50. The smallest absolute Gasteiger partial charge is 0.177 e. The molecule has 0 fully saturated rings. The average Bonchev–Trinajstić information content (AvgIpc) is 2.68. The van der Waals surface area contributed by atoms with Crippen LogP contribution in [0.15, 0.2) is 60.7 Å². The minimum atomic E-state index is -0.921. The first-order valence-electron chi connectivity index (χ1n) is 8.47. The number of phenolic OH excluding ortho intramolecular Hbond substituents is 1. The van der Waals surface area contributed by atoms with Gasteiger partial charge in [-0.3, -0.25) is 9.59 Å². The van der Waals surface area contributed by atoms with Crippen molar-refractivity contribution in [2.75, 3.05) is 7.11 Å². The number of phenols is 1. The molecule has 0 aliphatic heterocycles. The first kappa shape index (κ1) is 17.7. The van der Waals surface area contributed by atoms with Gasteiger partial charge in [-0.05, 0) is 34.5 Å². The number of ketones is 2. The second-order valence-electron chi connectivity index (χ2n) is 6.11. The van der Waals surface area contributed by atoms with Crippen LogP contribution in [0, 0.1) is 0 Å². The van der Waals surface area contributed by atoms with Crippen molar-refractivity contribution in [3.05, 3.63) is 71.8 Å². The van der Waals surface area contributed by atoms with Crippen LogP contribution in [0.3, 0.4) is 0 Å². The molecule has 0 aromatic heterocycles. The van der Waals surface area contributed by atoms with E-state index in [9.17, 15) is 14.7 Å². The monoisotopic (exact) mass is 348 g/mol. The third kappa shape index (κ3) is 3.31. The maximum absolute atomic E-state index is 13.1. The number of aromatic hydroxyl groups is 1. The minimum absolute atomic E-state index is 0.0305. The van der Waals surface area contributed by atoms with E-state index in [2.05, 4.69) is 0 Å². The lowest BCUT2D eigenvalue weighted by atomic mass is 9.85. The van der Waals surface area contributed by atoms with Crippen LogP contribution in [0.25, 0.3) is 10.8 Å². The van der Waals surface area contributed by atoms with Crippen molar-refractivity contribution in [1.82, 2.24) is 0 Å². The highest BCUT2D eigenvalue weighted by Gasteiger charge is 2.29. The van der Waals surface area contributed by atoms with Crippen molar-refractivity contribution in [2.45, 2.75) is 19.3 Å². The van der Waals surface area contributed by atoms with Crippen molar-refractivity contribution < 1.29 is 19.4 Å². The van der Waals surface area contributed by atoms with Gasteiger partial charge in [0.05, 0.1) is 7.11 Å². The van der Waals surface area contributed by atoms with E-state index in [1.54, 1.807) is 25.1 Å². The SMILES string of the molecule is CCC(=O)C(C(=O)c1ccc2ccccc2c1)c1ccc(O)c(OC)c1. The normalized spacial score (nSPS) is 11.9. The molecule has 0 spiro atoms. The molecule has 0 amide bonds. The van der Waals surface area contributed by atoms with E-state index in [-0.39, 0.29) is 29.5 Å². The maximum Gasteiger partial charge on any atom is 0.177 e. The zero-order valence-corrected chi connectivity index (χ0v) is 14.7. The maximum atomic E-state index is 13.1. The Labute approximate surface area is 152 Å². The summed E-state index contributed by atoms with van der Waals surface area (Å²) in [4.78, 5) is 25.7. The third-order valence-electron chi connectivity index (χ3n) is 4.50. The summed E-state index contributed by atoms with van der Waals surface area (Å²) < 4.78 is 5.12. The molecule has 4 nitrogen and oxygen atoms in total. The van der Waals surface area contributed by atoms with Crippen LogP contribution in [0.2, 0.25) is 0 Å². The molecule has 0 aliphatic carbocycles. The van der Waals surface area contributed by atoms with Gasteiger partial charge in [0.1, 0.15) is 11.7 Å². The highest BCUT2D eigenvalue weighted by atomic mass is 16.5. The molecule has 0 radical (unpaired) electrons. The summed E-state index contributed by atoms with van der Waals surface area (Å²) in [6.45, 7) is 1.74. The summed E-state index contributed by atoms with van der Waals surface area (Å²) in [7, 11) is 1.43. The van der Waals surface area contributed by atoms with Gasteiger partial charge in [-0.25, -0.2) is 0 Å². The molecule has 0 aliphatic rings. The number of hydrogen-bond acceptors (Lipinski definition) is 4. The van der Waals surface area contributed by atoms with E-state index in [1.165, 1.54) is 13.2 Å². The summed E-state index contributed by atoms with van der Waals surface area (Å²) in [6.07, 6.45) is 0.243. The topological polar surface area (TPSA) is 63.6 Å². The molecule has 1 N–H and O–H groups in total.